The highest BCUT2D eigenvalue weighted by molar-refractivity contribution is 5.89. The van der Waals surface area contributed by atoms with Crippen molar-refractivity contribution >= 4 is 10.9 Å². The van der Waals surface area contributed by atoms with Gasteiger partial charge < -0.3 is 15.0 Å². The van der Waals surface area contributed by atoms with Crippen LogP contribution in [-0.2, 0) is 6.42 Å². The Hall–Kier alpha value is -1.55. The number of hydrogen-bond donors (Lipinski definition) is 2. The van der Waals surface area contributed by atoms with E-state index in [1.165, 1.54) is 13.2 Å². The topological polar surface area (TPSA) is 37.0 Å². The first kappa shape index (κ1) is 12.9. The average Bonchev–Trinajstić information content (AvgIpc) is 2.72. The summed E-state index contributed by atoms with van der Waals surface area (Å²) in [5, 5.41) is 4.20. The predicted molar refractivity (Wildman–Crippen MR) is 71.7 cm³/mol. The Labute approximate surface area is 106 Å². The van der Waals surface area contributed by atoms with E-state index in [0.29, 0.717) is 11.8 Å². The molecule has 0 fully saturated rings. The zero-order chi connectivity index (χ0) is 13.1. The highest BCUT2D eigenvalue weighted by atomic mass is 19.1. The summed E-state index contributed by atoms with van der Waals surface area (Å²) in [6, 6.07) is 3.62. The van der Waals surface area contributed by atoms with Crippen LogP contribution in [0.15, 0.2) is 18.3 Å². The van der Waals surface area contributed by atoms with Gasteiger partial charge in [-0.15, -0.1) is 0 Å². The lowest BCUT2D eigenvalue weighted by atomic mass is 10.1. The molecule has 0 aliphatic rings. The number of rotatable bonds is 5. The number of H-pyrrole nitrogens is 1. The fourth-order valence-corrected chi connectivity index (χ4v) is 2.13. The van der Waals surface area contributed by atoms with Crippen molar-refractivity contribution in [1.29, 1.82) is 0 Å². The quantitative estimate of drug-likeness (QED) is 0.856. The van der Waals surface area contributed by atoms with Gasteiger partial charge in [-0.1, -0.05) is 13.8 Å². The van der Waals surface area contributed by atoms with Crippen LogP contribution in [0.25, 0.3) is 10.9 Å². The molecular formula is C14H19FN2O. The summed E-state index contributed by atoms with van der Waals surface area (Å²) >= 11 is 0. The molecule has 0 saturated heterocycles. The van der Waals surface area contributed by atoms with Crippen molar-refractivity contribution in [3.05, 3.63) is 29.7 Å². The van der Waals surface area contributed by atoms with E-state index in [1.54, 1.807) is 6.07 Å². The van der Waals surface area contributed by atoms with Crippen molar-refractivity contribution in [3.8, 4) is 5.75 Å². The molecule has 0 saturated carbocycles. The smallest absolute Gasteiger partial charge is 0.165 e. The van der Waals surface area contributed by atoms with Gasteiger partial charge in [0.15, 0.2) is 11.6 Å². The normalized spacial score (nSPS) is 11.4. The van der Waals surface area contributed by atoms with E-state index < -0.39 is 0 Å². The maximum absolute atomic E-state index is 13.7. The fraction of sp³-hybridized carbons (Fsp3) is 0.429. The van der Waals surface area contributed by atoms with Crippen molar-refractivity contribution in [2.24, 2.45) is 0 Å². The highest BCUT2D eigenvalue weighted by Gasteiger charge is 2.13. The number of hydrogen-bond acceptors (Lipinski definition) is 2. The molecule has 0 bridgehead atoms. The van der Waals surface area contributed by atoms with Crippen LogP contribution in [0.2, 0.25) is 0 Å². The van der Waals surface area contributed by atoms with Gasteiger partial charge in [-0.2, -0.15) is 0 Å². The van der Waals surface area contributed by atoms with Crippen LogP contribution in [0, 0.1) is 5.82 Å². The molecule has 1 heterocycles. The lowest BCUT2D eigenvalue weighted by molar-refractivity contribution is 0.391. The Morgan fingerprint density at radius 2 is 2.17 bits per heavy atom. The Bertz CT molecular complexity index is 534. The maximum atomic E-state index is 13.7. The van der Waals surface area contributed by atoms with Gasteiger partial charge in [0, 0.05) is 23.1 Å². The summed E-state index contributed by atoms with van der Waals surface area (Å²) in [6.07, 6.45) is 2.77. The Morgan fingerprint density at radius 3 is 2.83 bits per heavy atom. The molecule has 0 amide bonds. The largest absolute Gasteiger partial charge is 0.493 e. The van der Waals surface area contributed by atoms with Gasteiger partial charge in [-0.3, -0.25) is 0 Å². The first-order valence-electron chi connectivity index (χ1n) is 6.19. The number of fused-ring (bicyclic) bond motifs is 1. The summed E-state index contributed by atoms with van der Waals surface area (Å²) in [6.45, 7) is 5.08. The third kappa shape index (κ3) is 2.48. The van der Waals surface area contributed by atoms with Crippen molar-refractivity contribution in [1.82, 2.24) is 10.3 Å². The summed E-state index contributed by atoms with van der Waals surface area (Å²) in [7, 11) is 1.50. The number of aromatic amines is 1. The molecule has 1 aromatic carbocycles. The SMILES string of the molecule is COc1c(F)ccc2[nH]cc(CCNC(C)C)c12. The van der Waals surface area contributed by atoms with Gasteiger partial charge in [0.25, 0.3) is 0 Å². The van der Waals surface area contributed by atoms with Crippen LogP contribution in [0.1, 0.15) is 19.4 Å². The second-order valence-corrected chi connectivity index (χ2v) is 4.68. The molecule has 3 nitrogen and oxygen atoms in total. The maximum Gasteiger partial charge on any atom is 0.165 e. The molecule has 0 radical (unpaired) electrons. The molecule has 0 spiro atoms. The first-order chi connectivity index (χ1) is 8.63. The van der Waals surface area contributed by atoms with E-state index in [4.69, 9.17) is 4.74 Å². The summed E-state index contributed by atoms with van der Waals surface area (Å²) in [5.41, 5.74) is 1.99. The van der Waals surface area contributed by atoms with Gasteiger partial charge in [0.05, 0.1) is 7.11 Å². The Balaban J connectivity index is 2.30. The van der Waals surface area contributed by atoms with Crippen molar-refractivity contribution in [2.75, 3.05) is 13.7 Å². The minimum Gasteiger partial charge on any atom is -0.493 e. The molecule has 18 heavy (non-hydrogen) atoms. The molecule has 98 valence electrons. The molecule has 2 aromatic rings. The number of ether oxygens (including phenoxy) is 1. The van der Waals surface area contributed by atoms with Crippen molar-refractivity contribution in [3.63, 3.8) is 0 Å². The first-order valence-corrected chi connectivity index (χ1v) is 6.19. The van der Waals surface area contributed by atoms with Gasteiger partial charge in [0.1, 0.15) is 0 Å². The second-order valence-electron chi connectivity index (χ2n) is 4.68. The zero-order valence-electron chi connectivity index (χ0n) is 11.0. The lowest BCUT2D eigenvalue weighted by Gasteiger charge is -2.09. The predicted octanol–water partition coefficient (Wildman–Crippen LogP) is 2.86. The summed E-state index contributed by atoms with van der Waals surface area (Å²) < 4.78 is 18.8. The molecule has 0 unspecified atom stereocenters. The van der Waals surface area contributed by atoms with Crippen LogP contribution < -0.4 is 10.1 Å². The van der Waals surface area contributed by atoms with E-state index in [0.717, 1.165) is 29.4 Å². The molecule has 4 heteroatoms. The molecule has 2 rings (SSSR count). The Kier molecular flexibility index (Phi) is 3.87. The van der Waals surface area contributed by atoms with Crippen LogP contribution >= 0.6 is 0 Å². The third-order valence-electron chi connectivity index (χ3n) is 2.98. The van der Waals surface area contributed by atoms with Crippen LogP contribution in [-0.4, -0.2) is 24.7 Å². The summed E-state index contributed by atoms with van der Waals surface area (Å²) in [5.74, 6) is 0.0102. The van der Waals surface area contributed by atoms with Crippen LogP contribution in [0.4, 0.5) is 4.39 Å². The molecule has 1 aromatic heterocycles. The minimum atomic E-state index is -0.317. The third-order valence-corrected chi connectivity index (χ3v) is 2.98. The number of methoxy groups -OCH3 is 1. The standard InChI is InChI=1S/C14H19FN2O/c1-9(2)16-7-6-10-8-17-12-5-4-11(15)14(18-3)13(10)12/h4-5,8-9,16-17H,6-7H2,1-3H3. The molecule has 2 N–H and O–H groups in total. The number of aromatic nitrogens is 1. The number of nitrogens with one attached hydrogen (secondary N) is 2. The minimum absolute atomic E-state index is 0.317. The highest BCUT2D eigenvalue weighted by Crippen LogP contribution is 2.31. The molecular weight excluding hydrogens is 231 g/mol. The monoisotopic (exact) mass is 250 g/mol. The van der Waals surface area contributed by atoms with Gasteiger partial charge >= 0.3 is 0 Å². The van der Waals surface area contributed by atoms with Gasteiger partial charge in [-0.25, -0.2) is 4.39 Å². The number of benzene rings is 1. The van der Waals surface area contributed by atoms with Crippen molar-refractivity contribution in [2.45, 2.75) is 26.3 Å². The molecule has 0 atom stereocenters. The summed E-state index contributed by atoms with van der Waals surface area (Å²) in [4.78, 5) is 3.15. The van der Waals surface area contributed by atoms with Crippen molar-refractivity contribution < 1.29 is 9.13 Å². The van der Waals surface area contributed by atoms with Crippen LogP contribution in [0.3, 0.4) is 0 Å². The fourth-order valence-electron chi connectivity index (χ4n) is 2.13. The van der Waals surface area contributed by atoms with Gasteiger partial charge in [0.2, 0.25) is 0 Å². The Morgan fingerprint density at radius 1 is 1.39 bits per heavy atom. The lowest BCUT2D eigenvalue weighted by Crippen LogP contribution is -2.24. The van der Waals surface area contributed by atoms with Crippen LogP contribution in [0.5, 0.6) is 5.75 Å². The second kappa shape index (κ2) is 5.40. The van der Waals surface area contributed by atoms with E-state index in [1.807, 2.05) is 6.20 Å². The number of halogens is 1. The van der Waals surface area contributed by atoms with Gasteiger partial charge in [-0.05, 0) is 30.7 Å². The van der Waals surface area contributed by atoms with E-state index in [2.05, 4.69) is 24.1 Å². The zero-order valence-corrected chi connectivity index (χ0v) is 11.0. The average molecular weight is 250 g/mol. The van der Waals surface area contributed by atoms with E-state index in [-0.39, 0.29) is 5.82 Å². The van der Waals surface area contributed by atoms with E-state index in [9.17, 15) is 4.39 Å². The molecule has 0 aliphatic carbocycles. The molecule has 0 aliphatic heterocycles. The van der Waals surface area contributed by atoms with E-state index >= 15 is 0 Å².